The second kappa shape index (κ2) is 4.67. The molecule has 104 valence electrons. The Kier molecular flexibility index (Phi) is 3.09. The van der Waals surface area contributed by atoms with Gasteiger partial charge in [0.05, 0.1) is 10.2 Å². The largest absolute Gasteiger partial charge is 0.503 e. The Balaban J connectivity index is 2.09. The van der Waals surface area contributed by atoms with Crippen LogP contribution in [0.4, 0.5) is 8.78 Å². The molecule has 0 bridgehead atoms. The maximum atomic E-state index is 13.7. The number of thiazole rings is 1. The van der Waals surface area contributed by atoms with Crippen LogP contribution < -0.4 is 0 Å². The molecule has 1 aliphatic rings. The summed E-state index contributed by atoms with van der Waals surface area (Å²) in [6.07, 6.45) is 0. The predicted octanol–water partition coefficient (Wildman–Crippen LogP) is 2.23. The van der Waals surface area contributed by atoms with E-state index in [-0.39, 0.29) is 16.0 Å². The number of carboxylic acid groups (broad SMARTS) is 1. The number of phenolic OH excluding ortho intramolecular Hbond substituents is 1. The van der Waals surface area contributed by atoms with Crippen LogP contribution in [0.2, 0.25) is 0 Å². The minimum atomic E-state index is -1.09. The van der Waals surface area contributed by atoms with Crippen LogP contribution in [0.15, 0.2) is 11.1 Å². The van der Waals surface area contributed by atoms with Gasteiger partial charge in [0.25, 0.3) is 0 Å². The number of carbonyl (C=O) groups is 1. The summed E-state index contributed by atoms with van der Waals surface area (Å²) in [5.74, 6) is -3.96. The number of fused-ring (bicyclic) bond motifs is 1. The first-order chi connectivity index (χ1) is 9.47. The van der Waals surface area contributed by atoms with E-state index < -0.39 is 29.4 Å². The molecule has 2 heterocycles. The lowest BCUT2D eigenvalue weighted by Gasteiger charge is -1.96. The molecule has 2 aromatic rings. The summed E-state index contributed by atoms with van der Waals surface area (Å²) in [7, 11) is 0. The third-order valence-corrected chi connectivity index (χ3v) is 4.92. The van der Waals surface area contributed by atoms with E-state index in [0.717, 1.165) is 17.4 Å². The van der Waals surface area contributed by atoms with Crippen molar-refractivity contribution < 1.29 is 23.8 Å². The van der Waals surface area contributed by atoms with Crippen molar-refractivity contribution in [3.63, 3.8) is 0 Å². The lowest BCUT2D eigenvalue weighted by Crippen LogP contribution is -2.17. The van der Waals surface area contributed by atoms with E-state index >= 15 is 0 Å². The fourth-order valence-corrected chi connectivity index (χ4v) is 3.77. The molecule has 0 amide bonds. The Morgan fingerprint density at radius 1 is 1.45 bits per heavy atom. The van der Waals surface area contributed by atoms with Gasteiger partial charge in [-0.05, 0) is 0 Å². The SMILES string of the molecule is O=C(O)C1CSC(c2nc3cc(F)c(O)c(F)c3s2)=N1. The quantitative estimate of drug-likeness (QED) is 0.888. The number of aromatic hydroxyl groups is 1. The smallest absolute Gasteiger partial charge is 0.329 e. The highest BCUT2D eigenvalue weighted by Crippen LogP contribution is 2.35. The summed E-state index contributed by atoms with van der Waals surface area (Å²) >= 11 is 2.10. The van der Waals surface area contributed by atoms with Gasteiger partial charge in [-0.2, -0.15) is 0 Å². The molecule has 20 heavy (non-hydrogen) atoms. The molecule has 1 aromatic carbocycles. The van der Waals surface area contributed by atoms with E-state index in [9.17, 15) is 18.7 Å². The van der Waals surface area contributed by atoms with E-state index in [0.29, 0.717) is 10.1 Å². The van der Waals surface area contributed by atoms with Gasteiger partial charge in [0, 0.05) is 11.8 Å². The molecular formula is C11H6F2N2O3S2. The maximum absolute atomic E-state index is 13.7. The van der Waals surface area contributed by atoms with Gasteiger partial charge in [-0.3, -0.25) is 4.99 Å². The molecule has 3 rings (SSSR count). The standard InChI is InChI=1S/C11H6F2N2O3S2/c12-3-1-4-8(6(13)7(3)16)20-10(14-4)9-15-5(2-19-9)11(17)18/h1,5,16H,2H2,(H,17,18). The number of aliphatic carboxylic acids is 1. The summed E-state index contributed by atoms with van der Waals surface area (Å²) in [6.45, 7) is 0. The Bertz CT molecular complexity index is 760. The van der Waals surface area contributed by atoms with Gasteiger partial charge in [-0.25, -0.2) is 18.6 Å². The van der Waals surface area contributed by atoms with Crippen LogP contribution in [0.1, 0.15) is 5.01 Å². The minimum absolute atomic E-state index is 0.0148. The summed E-state index contributed by atoms with van der Waals surface area (Å²) < 4.78 is 26.9. The van der Waals surface area contributed by atoms with Gasteiger partial charge < -0.3 is 10.2 Å². The number of rotatable bonds is 2. The van der Waals surface area contributed by atoms with Crippen LogP contribution in [-0.4, -0.2) is 38.0 Å². The number of hydrogen-bond donors (Lipinski definition) is 2. The molecular weight excluding hydrogens is 310 g/mol. The van der Waals surface area contributed by atoms with Crippen molar-refractivity contribution in [3.8, 4) is 5.75 Å². The number of halogens is 2. The average molecular weight is 316 g/mol. The topological polar surface area (TPSA) is 82.8 Å². The third-order valence-electron chi connectivity index (χ3n) is 2.67. The molecule has 0 aliphatic carbocycles. The number of hydrogen-bond acceptors (Lipinski definition) is 6. The highest BCUT2D eigenvalue weighted by Gasteiger charge is 2.27. The molecule has 0 saturated carbocycles. The Morgan fingerprint density at radius 2 is 2.20 bits per heavy atom. The van der Waals surface area contributed by atoms with Gasteiger partial charge in [0.15, 0.2) is 23.4 Å². The third kappa shape index (κ3) is 2.02. The second-order valence-electron chi connectivity index (χ2n) is 3.99. The first-order valence-electron chi connectivity index (χ1n) is 5.38. The summed E-state index contributed by atoms with van der Waals surface area (Å²) in [5.41, 5.74) is 0.0693. The Labute approximate surface area is 119 Å². The second-order valence-corrected chi connectivity index (χ2v) is 6.00. The molecule has 0 radical (unpaired) electrons. The van der Waals surface area contributed by atoms with Crippen LogP contribution in [0, 0.1) is 11.6 Å². The lowest BCUT2D eigenvalue weighted by atomic mass is 10.3. The van der Waals surface area contributed by atoms with E-state index in [1.54, 1.807) is 0 Å². The van der Waals surface area contributed by atoms with Crippen LogP contribution in [0.25, 0.3) is 10.2 Å². The zero-order valence-electron chi connectivity index (χ0n) is 9.63. The molecule has 5 nitrogen and oxygen atoms in total. The highest BCUT2D eigenvalue weighted by molar-refractivity contribution is 8.15. The van der Waals surface area contributed by atoms with Gasteiger partial charge in [-0.1, -0.05) is 0 Å². The van der Waals surface area contributed by atoms with Crippen LogP contribution in [-0.2, 0) is 4.79 Å². The fourth-order valence-electron chi connectivity index (χ4n) is 1.70. The van der Waals surface area contributed by atoms with Crippen molar-refractivity contribution >= 4 is 44.3 Å². The number of thioether (sulfide) groups is 1. The van der Waals surface area contributed by atoms with Crippen molar-refractivity contribution in [2.24, 2.45) is 4.99 Å². The van der Waals surface area contributed by atoms with Crippen molar-refractivity contribution in [2.75, 3.05) is 5.75 Å². The molecule has 2 N–H and O–H groups in total. The number of benzene rings is 1. The average Bonchev–Trinajstić information content (AvgIpc) is 3.01. The number of aliphatic imine (C=N–C) groups is 1. The molecule has 0 fully saturated rings. The Morgan fingerprint density at radius 3 is 2.85 bits per heavy atom. The number of aromatic nitrogens is 1. The van der Waals surface area contributed by atoms with E-state index in [1.165, 1.54) is 11.8 Å². The number of carboxylic acids is 1. The van der Waals surface area contributed by atoms with Crippen molar-refractivity contribution in [3.05, 3.63) is 22.7 Å². The van der Waals surface area contributed by atoms with E-state index in [4.69, 9.17) is 5.11 Å². The minimum Gasteiger partial charge on any atom is -0.503 e. The Hall–Kier alpha value is -1.74. The summed E-state index contributed by atoms with van der Waals surface area (Å²) in [4.78, 5) is 18.8. The van der Waals surface area contributed by atoms with E-state index in [1.807, 2.05) is 0 Å². The van der Waals surface area contributed by atoms with Crippen molar-refractivity contribution in [2.45, 2.75) is 6.04 Å². The van der Waals surface area contributed by atoms with Gasteiger partial charge >= 0.3 is 5.97 Å². The van der Waals surface area contributed by atoms with Crippen LogP contribution in [0.5, 0.6) is 5.75 Å². The van der Waals surface area contributed by atoms with Gasteiger partial charge in [0.2, 0.25) is 0 Å². The van der Waals surface area contributed by atoms with Gasteiger partial charge in [-0.15, -0.1) is 23.1 Å². The molecule has 9 heteroatoms. The number of nitrogens with zero attached hydrogens (tertiary/aromatic N) is 2. The fraction of sp³-hybridized carbons (Fsp3) is 0.182. The molecule has 1 aromatic heterocycles. The normalized spacial score (nSPS) is 18.5. The monoisotopic (exact) mass is 316 g/mol. The molecule has 1 aliphatic heterocycles. The predicted molar refractivity (Wildman–Crippen MR) is 71.6 cm³/mol. The molecule has 1 atom stereocenters. The molecule has 0 saturated heterocycles. The summed E-state index contributed by atoms with van der Waals surface area (Å²) in [6, 6.07) is 0.0831. The van der Waals surface area contributed by atoms with Crippen LogP contribution >= 0.6 is 23.1 Å². The van der Waals surface area contributed by atoms with E-state index in [2.05, 4.69) is 9.98 Å². The van der Waals surface area contributed by atoms with Crippen molar-refractivity contribution in [1.29, 1.82) is 0 Å². The lowest BCUT2D eigenvalue weighted by molar-refractivity contribution is -0.137. The van der Waals surface area contributed by atoms with Crippen LogP contribution in [0.3, 0.4) is 0 Å². The van der Waals surface area contributed by atoms with Gasteiger partial charge in [0.1, 0.15) is 10.1 Å². The highest BCUT2D eigenvalue weighted by atomic mass is 32.2. The zero-order chi connectivity index (χ0) is 14.4. The first kappa shape index (κ1) is 13.3. The maximum Gasteiger partial charge on any atom is 0.329 e. The molecule has 0 spiro atoms. The first-order valence-corrected chi connectivity index (χ1v) is 7.19. The molecule has 1 unspecified atom stereocenters. The van der Waals surface area contributed by atoms with Crippen molar-refractivity contribution in [1.82, 2.24) is 4.98 Å². The number of phenols is 1. The zero-order valence-corrected chi connectivity index (χ0v) is 11.3. The summed E-state index contributed by atoms with van der Waals surface area (Å²) in [5, 5.41) is 18.8.